The summed E-state index contributed by atoms with van der Waals surface area (Å²) in [5, 5.41) is 0. The van der Waals surface area contributed by atoms with E-state index in [0.29, 0.717) is 5.56 Å². The van der Waals surface area contributed by atoms with Gasteiger partial charge in [0.25, 0.3) is 5.91 Å². The summed E-state index contributed by atoms with van der Waals surface area (Å²) in [5.74, 6) is 0.790. The predicted octanol–water partition coefficient (Wildman–Crippen LogP) is 2.34. The number of hydrogen-bond donors (Lipinski definition) is 0. The van der Waals surface area contributed by atoms with Gasteiger partial charge < -0.3 is 9.80 Å². The average Bonchev–Trinajstić information content (AvgIpc) is 3.01. The van der Waals surface area contributed by atoms with Crippen molar-refractivity contribution < 1.29 is 4.79 Å². The fraction of sp³-hybridized carbons (Fsp3) is 0.667. The molecular weight excluding hydrogens is 252 g/mol. The Morgan fingerprint density at radius 1 is 1.15 bits per heavy atom. The van der Waals surface area contributed by atoms with Crippen LogP contribution >= 0.6 is 0 Å². The van der Waals surface area contributed by atoms with Gasteiger partial charge in [-0.3, -0.25) is 4.79 Å². The van der Waals surface area contributed by atoms with Crippen LogP contribution in [0.2, 0.25) is 0 Å². The Hall–Kier alpha value is -1.65. The van der Waals surface area contributed by atoms with Crippen LogP contribution in [0.4, 0.5) is 5.95 Å². The highest BCUT2D eigenvalue weighted by Crippen LogP contribution is 2.14. The van der Waals surface area contributed by atoms with Crippen LogP contribution in [0.5, 0.6) is 0 Å². The van der Waals surface area contributed by atoms with Crippen LogP contribution in [0, 0.1) is 0 Å². The van der Waals surface area contributed by atoms with Crippen LogP contribution in [-0.2, 0) is 0 Å². The number of carbonyl (C=O) groups is 1. The molecule has 0 N–H and O–H groups in total. The molecule has 0 unspecified atom stereocenters. The molecule has 0 bridgehead atoms. The van der Waals surface area contributed by atoms with Gasteiger partial charge in [-0.2, -0.15) is 0 Å². The Kier molecular flexibility index (Phi) is 5.32. The summed E-state index contributed by atoms with van der Waals surface area (Å²) in [6.07, 6.45) is 7.68. The van der Waals surface area contributed by atoms with Gasteiger partial charge in [0, 0.05) is 38.6 Å². The smallest absolute Gasteiger partial charge is 0.256 e. The molecule has 1 fully saturated rings. The summed E-state index contributed by atoms with van der Waals surface area (Å²) in [4.78, 5) is 25.0. The molecule has 1 aromatic heterocycles. The standard InChI is InChI=1S/C15H24N4O/c1-3-7-19(8-4-2)15-16-11-13(12-17-15)14(20)18-9-5-6-10-18/h11-12H,3-10H2,1-2H3. The minimum atomic E-state index is 0.0617. The quantitative estimate of drug-likeness (QED) is 0.800. The lowest BCUT2D eigenvalue weighted by atomic mass is 10.3. The van der Waals surface area contributed by atoms with Crippen molar-refractivity contribution in [2.45, 2.75) is 39.5 Å². The number of anilines is 1. The molecule has 0 spiro atoms. The molecule has 1 aliphatic rings. The number of rotatable bonds is 6. The number of carbonyl (C=O) groups excluding carboxylic acids is 1. The lowest BCUT2D eigenvalue weighted by Gasteiger charge is -2.21. The van der Waals surface area contributed by atoms with Crippen molar-refractivity contribution in [3.63, 3.8) is 0 Å². The molecule has 2 rings (SSSR count). The maximum Gasteiger partial charge on any atom is 0.256 e. The molecular formula is C15H24N4O. The number of amides is 1. The molecule has 20 heavy (non-hydrogen) atoms. The van der Waals surface area contributed by atoms with Crippen molar-refractivity contribution in [3.05, 3.63) is 18.0 Å². The van der Waals surface area contributed by atoms with Crippen LogP contribution in [0.25, 0.3) is 0 Å². The van der Waals surface area contributed by atoms with Crippen molar-refractivity contribution in [2.24, 2.45) is 0 Å². The van der Waals surface area contributed by atoms with Crippen molar-refractivity contribution in [3.8, 4) is 0 Å². The van der Waals surface area contributed by atoms with Crippen molar-refractivity contribution in [2.75, 3.05) is 31.1 Å². The van der Waals surface area contributed by atoms with E-state index in [1.807, 2.05) is 4.90 Å². The van der Waals surface area contributed by atoms with Crippen LogP contribution in [0.1, 0.15) is 49.9 Å². The molecule has 0 saturated carbocycles. The summed E-state index contributed by atoms with van der Waals surface area (Å²) in [6, 6.07) is 0. The number of aromatic nitrogens is 2. The summed E-state index contributed by atoms with van der Waals surface area (Å²) in [6.45, 7) is 7.92. The van der Waals surface area contributed by atoms with Crippen molar-refractivity contribution in [1.82, 2.24) is 14.9 Å². The highest BCUT2D eigenvalue weighted by atomic mass is 16.2. The third-order valence-electron chi connectivity index (χ3n) is 3.55. The molecule has 2 heterocycles. The third kappa shape index (κ3) is 3.46. The number of hydrogen-bond acceptors (Lipinski definition) is 4. The van der Waals surface area contributed by atoms with Crippen LogP contribution in [0.15, 0.2) is 12.4 Å². The average molecular weight is 276 g/mol. The number of nitrogens with zero attached hydrogens (tertiary/aromatic N) is 4. The summed E-state index contributed by atoms with van der Waals surface area (Å²) in [7, 11) is 0. The Balaban J connectivity index is 2.06. The van der Waals surface area contributed by atoms with Crippen LogP contribution in [0.3, 0.4) is 0 Å². The molecule has 0 aromatic carbocycles. The number of likely N-dealkylation sites (tertiary alicyclic amines) is 1. The fourth-order valence-electron chi connectivity index (χ4n) is 2.55. The molecule has 0 aliphatic carbocycles. The lowest BCUT2D eigenvalue weighted by molar-refractivity contribution is 0.0792. The lowest BCUT2D eigenvalue weighted by Crippen LogP contribution is -2.29. The molecule has 1 aliphatic heterocycles. The first-order chi connectivity index (χ1) is 9.76. The van der Waals surface area contributed by atoms with Gasteiger partial charge in [-0.05, 0) is 25.7 Å². The Morgan fingerprint density at radius 3 is 2.20 bits per heavy atom. The normalized spacial score (nSPS) is 14.6. The van der Waals surface area contributed by atoms with E-state index in [0.717, 1.165) is 57.8 Å². The van der Waals surface area contributed by atoms with E-state index in [4.69, 9.17) is 0 Å². The first kappa shape index (κ1) is 14.8. The SMILES string of the molecule is CCCN(CCC)c1ncc(C(=O)N2CCCC2)cn1. The van der Waals surface area contributed by atoms with Gasteiger partial charge in [0.1, 0.15) is 0 Å². The topological polar surface area (TPSA) is 49.3 Å². The minimum Gasteiger partial charge on any atom is -0.341 e. The largest absolute Gasteiger partial charge is 0.341 e. The summed E-state index contributed by atoms with van der Waals surface area (Å²) in [5.41, 5.74) is 0.601. The van der Waals surface area contributed by atoms with Crippen LogP contribution < -0.4 is 4.90 Å². The van der Waals surface area contributed by atoms with Crippen molar-refractivity contribution in [1.29, 1.82) is 0 Å². The monoisotopic (exact) mass is 276 g/mol. The van der Waals surface area contributed by atoms with E-state index >= 15 is 0 Å². The molecule has 1 aromatic rings. The van der Waals surface area contributed by atoms with Gasteiger partial charge in [-0.25, -0.2) is 9.97 Å². The minimum absolute atomic E-state index is 0.0617. The zero-order valence-corrected chi connectivity index (χ0v) is 12.5. The first-order valence-electron chi connectivity index (χ1n) is 7.62. The molecule has 0 radical (unpaired) electrons. The molecule has 110 valence electrons. The van der Waals surface area contributed by atoms with Gasteiger partial charge in [-0.15, -0.1) is 0 Å². The predicted molar refractivity (Wildman–Crippen MR) is 80.0 cm³/mol. The molecule has 5 heteroatoms. The zero-order chi connectivity index (χ0) is 14.4. The summed E-state index contributed by atoms with van der Waals surface area (Å²) >= 11 is 0. The van der Waals surface area contributed by atoms with Crippen molar-refractivity contribution >= 4 is 11.9 Å². The van der Waals surface area contributed by atoms with E-state index in [1.165, 1.54) is 0 Å². The second-order valence-corrected chi connectivity index (χ2v) is 5.26. The highest BCUT2D eigenvalue weighted by Gasteiger charge is 2.20. The molecule has 1 amide bonds. The van der Waals surface area contributed by atoms with E-state index in [9.17, 15) is 4.79 Å². The Bertz CT molecular complexity index is 420. The van der Waals surface area contributed by atoms with Gasteiger partial charge >= 0.3 is 0 Å². The van der Waals surface area contributed by atoms with Crippen LogP contribution in [-0.4, -0.2) is 47.0 Å². The third-order valence-corrected chi connectivity index (χ3v) is 3.55. The zero-order valence-electron chi connectivity index (χ0n) is 12.5. The maximum atomic E-state index is 12.2. The highest BCUT2D eigenvalue weighted by molar-refractivity contribution is 5.93. The fourth-order valence-corrected chi connectivity index (χ4v) is 2.55. The van der Waals surface area contributed by atoms with Gasteiger partial charge in [0.2, 0.25) is 5.95 Å². The van der Waals surface area contributed by atoms with E-state index < -0.39 is 0 Å². The Morgan fingerprint density at radius 2 is 1.70 bits per heavy atom. The molecule has 5 nitrogen and oxygen atoms in total. The molecule has 0 atom stereocenters. The van der Waals surface area contributed by atoms with Gasteiger partial charge in [0.05, 0.1) is 5.56 Å². The van der Waals surface area contributed by atoms with Gasteiger partial charge in [-0.1, -0.05) is 13.8 Å². The maximum absolute atomic E-state index is 12.2. The van der Waals surface area contributed by atoms with E-state index in [-0.39, 0.29) is 5.91 Å². The molecule has 1 saturated heterocycles. The van der Waals surface area contributed by atoms with E-state index in [1.54, 1.807) is 12.4 Å². The van der Waals surface area contributed by atoms with E-state index in [2.05, 4.69) is 28.7 Å². The second-order valence-electron chi connectivity index (χ2n) is 5.26. The second kappa shape index (κ2) is 7.22. The van der Waals surface area contributed by atoms with Gasteiger partial charge in [0.15, 0.2) is 0 Å². The first-order valence-corrected chi connectivity index (χ1v) is 7.62. The Labute approximate surface area is 121 Å². The summed E-state index contributed by atoms with van der Waals surface area (Å²) < 4.78 is 0.